The van der Waals surface area contributed by atoms with Gasteiger partial charge in [-0.15, -0.1) is 12.4 Å². The Balaban J connectivity index is 0.00000144. The number of carbonyl (C=O) groups is 1. The van der Waals surface area contributed by atoms with Crippen LogP contribution in [0.25, 0.3) is 0 Å². The molecule has 5 heteroatoms. The average Bonchev–Trinajstić information content (AvgIpc) is 2.04. The molecule has 4 nitrogen and oxygen atoms in total. The standard InChI is InChI=1S/C8H9NO3.ClH/c1-12-7-3-2-4-9-6(7)5-8(10)11;/h2-4H,5H2,1H3,(H,10,11);1H. The molecule has 0 spiro atoms. The monoisotopic (exact) mass is 203 g/mol. The minimum Gasteiger partial charge on any atom is -0.495 e. The van der Waals surface area contributed by atoms with Crippen LogP contribution in [0.5, 0.6) is 5.75 Å². The highest BCUT2D eigenvalue weighted by molar-refractivity contribution is 5.85. The number of ether oxygens (including phenoxy) is 1. The molecule has 1 aromatic heterocycles. The zero-order chi connectivity index (χ0) is 8.97. The summed E-state index contributed by atoms with van der Waals surface area (Å²) in [4.78, 5) is 14.2. The van der Waals surface area contributed by atoms with Crippen LogP contribution in [0.1, 0.15) is 5.69 Å². The van der Waals surface area contributed by atoms with E-state index < -0.39 is 5.97 Å². The Labute approximate surface area is 82.0 Å². The number of pyridine rings is 1. The second kappa shape index (κ2) is 5.37. The number of carboxylic acids is 1. The van der Waals surface area contributed by atoms with Gasteiger partial charge in [0, 0.05) is 6.20 Å². The van der Waals surface area contributed by atoms with Gasteiger partial charge in [0.1, 0.15) is 5.75 Å². The first-order valence-corrected chi connectivity index (χ1v) is 3.43. The smallest absolute Gasteiger partial charge is 0.309 e. The summed E-state index contributed by atoms with van der Waals surface area (Å²) < 4.78 is 4.92. The largest absolute Gasteiger partial charge is 0.495 e. The molecule has 1 aromatic rings. The van der Waals surface area contributed by atoms with E-state index in [-0.39, 0.29) is 18.8 Å². The lowest BCUT2D eigenvalue weighted by Crippen LogP contribution is -2.04. The van der Waals surface area contributed by atoms with Gasteiger partial charge in [-0.05, 0) is 12.1 Å². The first-order chi connectivity index (χ1) is 5.74. The molecule has 0 bridgehead atoms. The molecular weight excluding hydrogens is 194 g/mol. The van der Waals surface area contributed by atoms with E-state index in [0.29, 0.717) is 11.4 Å². The molecule has 0 aliphatic heterocycles. The molecule has 0 amide bonds. The number of hydrogen-bond acceptors (Lipinski definition) is 3. The van der Waals surface area contributed by atoms with E-state index in [1.54, 1.807) is 18.3 Å². The fourth-order valence-electron chi connectivity index (χ4n) is 0.885. The molecule has 72 valence electrons. The molecule has 0 saturated heterocycles. The maximum absolute atomic E-state index is 10.3. The molecule has 1 rings (SSSR count). The Morgan fingerprint density at radius 3 is 2.92 bits per heavy atom. The highest BCUT2D eigenvalue weighted by Gasteiger charge is 2.06. The summed E-state index contributed by atoms with van der Waals surface area (Å²) in [6, 6.07) is 3.38. The molecule has 1 N–H and O–H groups in total. The summed E-state index contributed by atoms with van der Waals surface area (Å²) in [6.45, 7) is 0. The molecule has 0 aromatic carbocycles. The molecule has 0 radical (unpaired) electrons. The van der Waals surface area contributed by atoms with Crippen molar-refractivity contribution in [2.24, 2.45) is 0 Å². The van der Waals surface area contributed by atoms with Crippen LogP contribution in [0, 0.1) is 0 Å². The maximum Gasteiger partial charge on any atom is 0.309 e. The molecule has 0 fully saturated rings. The molecule has 13 heavy (non-hydrogen) atoms. The number of methoxy groups -OCH3 is 1. The summed E-state index contributed by atoms with van der Waals surface area (Å²) >= 11 is 0. The van der Waals surface area contributed by atoms with Crippen molar-refractivity contribution in [3.05, 3.63) is 24.0 Å². The summed E-state index contributed by atoms with van der Waals surface area (Å²) in [5.74, 6) is -0.396. The number of rotatable bonds is 3. The second-order valence-corrected chi connectivity index (χ2v) is 2.22. The van der Waals surface area contributed by atoms with Crippen molar-refractivity contribution in [1.29, 1.82) is 0 Å². The Kier molecular flexibility index (Phi) is 4.84. The summed E-state index contributed by atoms with van der Waals surface area (Å²) in [6.07, 6.45) is 1.44. The lowest BCUT2D eigenvalue weighted by atomic mass is 10.2. The zero-order valence-electron chi connectivity index (χ0n) is 7.06. The number of carboxylic acid groups (broad SMARTS) is 1. The van der Waals surface area contributed by atoms with Gasteiger partial charge in [-0.2, -0.15) is 0 Å². The van der Waals surface area contributed by atoms with E-state index >= 15 is 0 Å². The van der Waals surface area contributed by atoms with Crippen LogP contribution in [0.2, 0.25) is 0 Å². The van der Waals surface area contributed by atoms with Crippen molar-refractivity contribution in [2.45, 2.75) is 6.42 Å². The topological polar surface area (TPSA) is 59.4 Å². The Morgan fingerprint density at radius 1 is 1.69 bits per heavy atom. The molecule has 0 aliphatic rings. The lowest BCUT2D eigenvalue weighted by molar-refractivity contribution is -0.136. The summed E-state index contributed by atoms with van der Waals surface area (Å²) in [5.41, 5.74) is 0.451. The number of nitrogens with zero attached hydrogens (tertiary/aromatic N) is 1. The third-order valence-electron chi connectivity index (χ3n) is 1.39. The van der Waals surface area contributed by atoms with Gasteiger partial charge in [0.05, 0.1) is 19.2 Å². The predicted octanol–water partition coefficient (Wildman–Crippen LogP) is 1.14. The summed E-state index contributed by atoms with van der Waals surface area (Å²) in [5, 5.41) is 8.49. The maximum atomic E-state index is 10.3. The Hall–Kier alpha value is -1.29. The molecule has 1 heterocycles. The molecule has 0 aliphatic carbocycles. The van der Waals surface area contributed by atoms with Crippen LogP contribution >= 0.6 is 12.4 Å². The third-order valence-corrected chi connectivity index (χ3v) is 1.39. The van der Waals surface area contributed by atoms with Gasteiger partial charge in [-0.1, -0.05) is 0 Å². The van der Waals surface area contributed by atoms with Crippen molar-refractivity contribution in [2.75, 3.05) is 7.11 Å². The van der Waals surface area contributed by atoms with Gasteiger partial charge in [0.2, 0.25) is 0 Å². The predicted molar refractivity (Wildman–Crippen MR) is 49.4 cm³/mol. The van der Waals surface area contributed by atoms with Gasteiger partial charge >= 0.3 is 5.97 Å². The second-order valence-electron chi connectivity index (χ2n) is 2.22. The lowest BCUT2D eigenvalue weighted by Gasteiger charge is -2.03. The minimum atomic E-state index is -0.910. The van der Waals surface area contributed by atoms with Crippen LogP contribution in [-0.4, -0.2) is 23.2 Å². The molecule has 0 atom stereocenters. The van der Waals surface area contributed by atoms with E-state index in [9.17, 15) is 4.79 Å². The van der Waals surface area contributed by atoms with E-state index in [4.69, 9.17) is 9.84 Å². The first kappa shape index (κ1) is 11.7. The van der Waals surface area contributed by atoms with Gasteiger partial charge in [-0.25, -0.2) is 0 Å². The van der Waals surface area contributed by atoms with Crippen LogP contribution in [-0.2, 0) is 11.2 Å². The fraction of sp³-hybridized carbons (Fsp3) is 0.250. The third kappa shape index (κ3) is 3.29. The minimum absolute atomic E-state index is 0. The average molecular weight is 204 g/mol. The van der Waals surface area contributed by atoms with Crippen molar-refractivity contribution < 1.29 is 14.6 Å². The van der Waals surface area contributed by atoms with Crippen molar-refractivity contribution >= 4 is 18.4 Å². The van der Waals surface area contributed by atoms with E-state index in [2.05, 4.69) is 4.98 Å². The van der Waals surface area contributed by atoms with Gasteiger partial charge in [-0.3, -0.25) is 9.78 Å². The van der Waals surface area contributed by atoms with E-state index in [0.717, 1.165) is 0 Å². The van der Waals surface area contributed by atoms with Gasteiger partial charge in [0.25, 0.3) is 0 Å². The van der Waals surface area contributed by atoms with Crippen LogP contribution in [0.15, 0.2) is 18.3 Å². The molecular formula is C8H10ClNO3. The zero-order valence-corrected chi connectivity index (χ0v) is 7.87. The fourth-order valence-corrected chi connectivity index (χ4v) is 0.885. The first-order valence-electron chi connectivity index (χ1n) is 3.43. The highest BCUT2D eigenvalue weighted by Crippen LogP contribution is 2.14. The van der Waals surface area contributed by atoms with Crippen molar-refractivity contribution in [3.8, 4) is 5.75 Å². The SMILES string of the molecule is COc1cccnc1CC(=O)O.Cl. The number of aliphatic carboxylic acids is 1. The highest BCUT2D eigenvalue weighted by atomic mass is 35.5. The van der Waals surface area contributed by atoms with E-state index in [1.165, 1.54) is 7.11 Å². The molecule has 0 saturated carbocycles. The Morgan fingerprint density at radius 2 is 2.38 bits per heavy atom. The quantitative estimate of drug-likeness (QED) is 0.801. The normalized spacial score (nSPS) is 8.69. The Bertz CT molecular complexity index is 290. The van der Waals surface area contributed by atoms with Crippen LogP contribution < -0.4 is 4.74 Å². The van der Waals surface area contributed by atoms with Gasteiger partial charge < -0.3 is 9.84 Å². The number of aromatic nitrogens is 1. The van der Waals surface area contributed by atoms with Crippen LogP contribution in [0.4, 0.5) is 0 Å². The summed E-state index contributed by atoms with van der Waals surface area (Å²) in [7, 11) is 1.49. The number of halogens is 1. The van der Waals surface area contributed by atoms with Crippen LogP contribution in [0.3, 0.4) is 0 Å². The van der Waals surface area contributed by atoms with Gasteiger partial charge in [0.15, 0.2) is 0 Å². The van der Waals surface area contributed by atoms with Crippen molar-refractivity contribution in [3.63, 3.8) is 0 Å². The van der Waals surface area contributed by atoms with E-state index in [1.807, 2.05) is 0 Å². The van der Waals surface area contributed by atoms with Crippen molar-refractivity contribution in [1.82, 2.24) is 4.98 Å². The molecule has 0 unspecified atom stereocenters. The number of hydrogen-bond donors (Lipinski definition) is 1.